The molecule has 1 aromatic heterocycles. The molecule has 1 saturated heterocycles. The third-order valence-corrected chi connectivity index (χ3v) is 5.44. The maximum absolute atomic E-state index is 14.9. The van der Waals surface area contributed by atoms with Gasteiger partial charge in [-0.15, -0.1) is 5.10 Å². The molecule has 2 aromatic rings. The molecule has 1 aliphatic heterocycles. The molecule has 1 N–H and O–H groups in total. The van der Waals surface area contributed by atoms with Gasteiger partial charge in [-0.2, -0.15) is 0 Å². The number of rotatable bonds is 7. The van der Waals surface area contributed by atoms with Crippen LogP contribution in [-0.2, 0) is 25.6 Å². The summed E-state index contributed by atoms with van der Waals surface area (Å²) in [7, 11) is 2.69. The highest BCUT2D eigenvalue weighted by Gasteiger charge is 2.26. The van der Waals surface area contributed by atoms with Crippen molar-refractivity contribution in [3.63, 3.8) is 0 Å². The van der Waals surface area contributed by atoms with Gasteiger partial charge in [0, 0.05) is 44.7 Å². The van der Waals surface area contributed by atoms with Crippen LogP contribution in [0.5, 0.6) is 0 Å². The zero-order chi connectivity index (χ0) is 24.0. The lowest BCUT2D eigenvalue weighted by atomic mass is 10.2. The fourth-order valence-corrected chi connectivity index (χ4v) is 3.45. The van der Waals surface area contributed by atoms with Crippen molar-refractivity contribution in [3.8, 4) is 5.69 Å². The lowest BCUT2D eigenvalue weighted by molar-refractivity contribution is -0.143. The second-order valence-corrected chi connectivity index (χ2v) is 7.57. The minimum atomic E-state index is -0.744. The van der Waals surface area contributed by atoms with Crippen LogP contribution >= 0.6 is 12.2 Å². The molecule has 0 saturated carbocycles. The SMILES string of the molecule is COC(=O)CCC(=O)N1CCN(c2c(F)cc(-n3cc(CNC(=S)OC)nn3)cc2F)CC1. The lowest BCUT2D eigenvalue weighted by Crippen LogP contribution is -2.49. The normalized spacial score (nSPS) is 13.6. The van der Waals surface area contributed by atoms with E-state index in [1.54, 1.807) is 9.80 Å². The van der Waals surface area contributed by atoms with E-state index in [4.69, 9.17) is 17.0 Å². The minimum absolute atomic E-state index is 0.000607. The molecular formula is C20H24F2N6O4S. The molecule has 1 aromatic carbocycles. The number of amides is 1. The van der Waals surface area contributed by atoms with Gasteiger partial charge in [0.25, 0.3) is 5.17 Å². The highest BCUT2D eigenvalue weighted by atomic mass is 32.1. The van der Waals surface area contributed by atoms with Gasteiger partial charge in [0.1, 0.15) is 11.4 Å². The summed E-state index contributed by atoms with van der Waals surface area (Å²) in [4.78, 5) is 26.6. The first-order valence-electron chi connectivity index (χ1n) is 10.1. The summed E-state index contributed by atoms with van der Waals surface area (Å²) in [6.07, 6.45) is 1.56. The third-order valence-electron chi connectivity index (χ3n) is 5.13. The molecular weight excluding hydrogens is 458 g/mol. The molecule has 3 rings (SSSR count). The van der Waals surface area contributed by atoms with Crippen LogP contribution in [-0.4, -0.2) is 77.3 Å². The number of benzene rings is 1. The van der Waals surface area contributed by atoms with Gasteiger partial charge in [0.2, 0.25) is 5.91 Å². The highest BCUT2D eigenvalue weighted by molar-refractivity contribution is 7.80. The van der Waals surface area contributed by atoms with Crippen LogP contribution < -0.4 is 10.2 Å². The van der Waals surface area contributed by atoms with Crippen LogP contribution in [0.2, 0.25) is 0 Å². The number of piperazine rings is 1. The zero-order valence-corrected chi connectivity index (χ0v) is 19.0. The molecule has 10 nitrogen and oxygen atoms in total. The largest absolute Gasteiger partial charge is 0.474 e. The van der Waals surface area contributed by atoms with Crippen LogP contribution in [0.1, 0.15) is 18.5 Å². The molecule has 1 aliphatic rings. The maximum Gasteiger partial charge on any atom is 0.306 e. The van der Waals surface area contributed by atoms with E-state index in [2.05, 4.69) is 20.4 Å². The number of hydrogen-bond donors (Lipinski definition) is 1. The first-order chi connectivity index (χ1) is 15.8. The van der Waals surface area contributed by atoms with E-state index >= 15 is 0 Å². The standard InChI is InChI=1S/C20H24F2N6O4S/c1-31-18(30)4-3-17(29)26-5-7-27(8-6-26)19-15(21)9-14(10-16(19)22)28-12-13(24-25-28)11-23-20(33)32-2/h9-10,12H,3-8,11H2,1-2H3,(H,23,33). The summed E-state index contributed by atoms with van der Waals surface area (Å²) in [5.41, 5.74) is 0.526. The van der Waals surface area contributed by atoms with Gasteiger partial charge in [-0.25, -0.2) is 13.5 Å². The number of hydrogen-bond acceptors (Lipinski definition) is 8. The molecule has 13 heteroatoms. The molecule has 0 radical (unpaired) electrons. The predicted molar refractivity (Wildman–Crippen MR) is 118 cm³/mol. The Hall–Kier alpha value is -3.35. The van der Waals surface area contributed by atoms with E-state index in [9.17, 15) is 18.4 Å². The van der Waals surface area contributed by atoms with E-state index in [-0.39, 0.29) is 54.9 Å². The van der Waals surface area contributed by atoms with E-state index in [0.29, 0.717) is 18.8 Å². The molecule has 178 valence electrons. The Bertz CT molecular complexity index is 1000. The first-order valence-corrected chi connectivity index (χ1v) is 10.5. The van der Waals surface area contributed by atoms with E-state index in [1.807, 2.05) is 0 Å². The number of carbonyl (C=O) groups excluding carboxylic acids is 2. The van der Waals surface area contributed by atoms with Gasteiger partial charge >= 0.3 is 5.97 Å². The molecule has 0 aliphatic carbocycles. The number of thiocarbonyl (C=S) groups is 1. The van der Waals surface area contributed by atoms with Gasteiger partial charge in [-0.05, 0) is 12.2 Å². The molecule has 0 unspecified atom stereocenters. The minimum Gasteiger partial charge on any atom is -0.474 e. The second kappa shape index (κ2) is 11.0. The Morgan fingerprint density at radius 1 is 1.09 bits per heavy atom. The van der Waals surface area contributed by atoms with Crippen molar-refractivity contribution in [1.82, 2.24) is 25.2 Å². The van der Waals surface area contributed by atoms with Crippen molar-refractivity contribution in [2.45, 2.75) is 19.4 Å². The number of nitrogens with one attached hydrogen (secondary N) is 1. The fourth-order valence-electron chi connectivity index (χ4n) is 3.38. The van der Waals surface area contributed by atoms with E-state index in [1.165, 1.54) is 37.2 Å². The van der Waals surface area contributed by atoms with Gasteiger partial charge in [0.05, 0.1) is 39.1 Å². The Balaban J connectivity index is 1.63. The van der Waals surface area contributed by atoms with Crippen LogP contribution in [0.3, 0.4) is 0 Å². The van der Waals surface area contributed by atoms with Crippen molar-refractivity contribution in [2.24, 2.45) is 0 Å². The molecule has 33 heavy (non-hydrogen) atoms. The number of esters is 1. The Labute approximate surface area is 194 Å². The number of nitrogens with zero attached hydrogens (tertiary/aromatic N) is 5. The second-order valence-electron chi connectivity index (χ2n) is 7.20. The summed E-state index contributed by atoms with van der Waals surface area (Å²) >= 11 is 4.88. The van der Waals surface area contributed by atoms with Crippen molar-refractivity contribution in [2.75, 3.05) is 45.3 Å². The highest BCUT2D eigenvalue weighted by Crippen LogP contribution is 2.27. The summed E-state index contributed by atoms with van der Waals surface area (Å²) in [6.45, 7) is 1.36. The van der Waals surface area contributed by atoms with E-state index in [0.717, 1.165) is 0 Å². The van der Waals surface area contributed by atoms with Gasteiger partial charge in [0.15, 0.2) is 11.6 Å². The molecule has 1 fully saturated rings. The molecule has 0 atom stereocenters. The van der Waals surface area contributed by atoms with Crippen molar-refractivity contribution in [1.29, 1.82) is 0 Å². The Kier molecular flexibility index (Phi) is 8.09. The third kappa shape index (κ3) is 6.12. The smallest absolute Gasteiger partial charge is 0.306 e. The van der Waals surface area contributed by atoms with Gasteiger partial charge < -0.3 is 24.6 Å². The van der Waals surface area contributed by atoms with Crippen molar-refractivity contribution < 1.29 is 27.8 Å². The number of anilines is 1. The summed E-state index contributed by atoms with van der Waals surface area (Å²) in [6, 6.07) is 2.36. The van der Waals surface area contributed by atoms with Crippen LogP contribution in [0.15, 0.2) is 18.3 Å². The van der Waals surface area contributed by atoms with Crippen LogP contribution in [0, 0.1) is 11.6 Å². The van der Waals surface area contributed by atoms with Crippen molar-refractivity contribution in [3.05, 3.63) is 35.7 Å². The number of aromatic nitrogens is 3. The first kappa shape index (κ1) is 24.3. The van der Waals surface area contributed by atoms with Gasteiger partial charge in [-0.1, -0.05) is 5.21 Å². The number of methoxy groups -OCH3 is 2. The average molecular weight is 483 g/mol. The van der Waals surface area contributed by atoms with Gasteiger partial charge in [-0.3, -0.25) is 9.59 Å². The fraction of sp³-hybridized carbons (Fsp3) is 0.450. The lowest BCUT2D eigenvalue weighted by Gasteiger charge is -2.36. The molecule has 0 bridgehead atoms. The van der Waals surface area contributed by atoms with Crippen LogP contribution in [0.25, 0.3) is 5.69 Å². The topological polar surface area (TPSA) is 102 Å². The zero-order valence-electron chi connectivity index (χ0n) is 18.2. The summed E-state index contributed by atoms with van der Waals surface area (Å²) in [5, 5.41) is 10.8. The van der Waals surface area contributed by atoms with Crippen molar-refractivity contribution >= 4 is 35.0 Å². The molecule has 2 heterocycles. The number of ether oxygens (including phenoxy) is 2. The number of halogens is 2. The monoisotopic (exact) mass is 482 g/mol. The molecule has 0 spiro atoms. The van der Waals surface area contributed by atoms with E-state index < -0.39 is 17.6 Å². The number of carbonyl (C=O) groups is 2. The predicted octanol–water partition coefficient (Wildman–Crippen LogP) is 1.17. The quantitative estimate of drug-likeness (QED) is 0.460. The van der Waals surface area contributed by atoms with Crippen LogP contribution in [0.4, 0.5) is 14.5 Å². The Morgan fingerprint density at radius 2 is 1.76 bits per heavy atom. The maximum atomic E-state index is 14.9. The molecule has 1 amide bonds. The Morgan fingerprint density at radius 3 is 2.36 bits per heavy atom. The summed E-state index contributed by atoms with van der Waals surface area (Å²) in [5.74, 6) is -2.14. The summed E-state index contributed by atoms with van der Waals surface area (Å²) < 4.78 is 40.4. The average Bonchev–Trinajstić information content (AvgIpc) is 3.29.